The Morgan fingerprint density at radius 1 is 1.45 bits per heavy atom. The fourth-order valence-electron chi connectivity index (χ4n) is 1.70. The van der Waals surface area contributed by atoms with Crippen LogP contribution in [-0.4, -0.2) is 19.9 Å². The number of aromatic nitrogens is 1. The van der Waals surface area contributed by atoms with Gasteiger partial charge in [0.15, 0.2) is 0 Å². The van der Waals surface area contributed by atoms with E-state index in [0.29, 0.717) is 12.2 Å². The van der Waals surface area contributed by atoms with Crippen LogP contribution < -0.4 is 10.5 Å². The van der Waals surface area contributed by atoms with Gasteiger partial charge in [-0.2, -0.15) is 0 Å². The van der Waals surface area contributed by atoms with Crippen LogP contribution in [0.3, 0.4) is 0 Å². The summed E-state index contributed by atoms with van der Waals surface area (Å²) >= 11 is 1.52. The minimum atomic E-state index is -3.51. The van der Waals surface area contributed by atoms with Gasteiger partial charge < -0.3 is 5.73 Å². The Morgan fingerprint density at radius 3 is 2.80 bits per heavy atom. The molecule has 3 N–H and O–H groups in total. The summed E-state index contributed by atoms with van der Waals surface area (Å²) in [5, 5.41) is 2.80. The van der Waals surface area contributed by atoms with Crippen LogP contribution >= 0.6 is 11.3 Å². The zero-order valence-corrected chi connectivity index (χ0v) is 13.0. The number of nitrogens with one attached hydrogen (secondary N) is 1. The Hall–Kier alpha value is -1.44. The molecule has 0 fully saturated rings. The molecule has 1 unspecified atom stereocenters. The zero-order chi connectivity index (χ0) is 14.8. The first-order valence-electron chi connectivity index (χ1n) is 6.15. The predicted octanol–water partition coefficient (Wildman–Crippen LogP) is 2.12. The second kappa shape index (κ2) is 5.90. The van der Waals surface area contributed by atoms with Gasteiger partial charge in [-0.05, 0) is 30.7 Å². The molecule has 0 bridgehead atoms. The van der Waals surface area contributed by atoms with E-state index in [1.165, 1.54) is 17.4 Å². The van der Waals surface area contributed by atoms with Crippen molar-refractivity contribution >= 4 is 27.0 Å². The van der Waals surface area contributed by atoms with E-state index in [2.05, 4.69) is 9.71 Å². The van der Waals surface area contributed by atoms with Gasteiger partial charge in [0.25, 0.3) is 0 Å². The topological polar surface area (TPSA) is 85.1 Å². The van der Waals surface area contributed by atoms with Gasteiger partial charge in [-0.15, -0.1) is 11.3 Å². The van der Waals surface area contributed by atoms with Crippen LogP contribution in [0.2, 0.25) is 0 Å². The number of nitrogen functional groups attached to an aromatic ring is 1. The summed E-state index contributed by atoms with van der Waals surface area (Å²) in [6.45, 7) is 4.04. The highest BCUT2D eigenvalue weighted by atomic mass is 32.2. The molecule has 1 atom stereocenters. The molecule has 2 rings (SSSR count). The third-order valence-electron chi connectivity index (χ3n) is 3.00. The van der Waals surface area contributed by atoms with E-state index in [9.17, 15) is 8.42 Å². The van der Waals surface area contributed by atoms with Crippen LogP contribution in [0.25, 0.3) is 0 Å². The van der Waals surface area contributed by atoms with E-state index in [1.54, 1.807) is 25.3 Å². The van der Waals surface area contributed by atoms with Gasteiger partial charge in [0, 0.05) is 29.7 Å². The Kier molecular flexibility index (Phi) is 4.42. The first-order valence-corrected chi connectivity index (χ1v) is 8.51. The lowest BCUT2D eigenvalue weighted by molar-refractivity contribution is 0.574. The van der Waals surface area contributed by atoms with E-state index >= 15 is 0 Å². The second-order valence-corrected chi connectivity index (χ2v) is 7.33. The molecule has 20 heavy (non-hydrogen) atoms. The molecule has 0 aliphatic carbocycles. The summed E-state index contributed by atoms with van der Waals surface area (Å²) < 4.78 is 27.0. The van der Waals surface area contributed by atoms with E-state index in [-0.39, 0.29) is 10.8 Å². The third kappa shape index (κ3) is 3.36. The SMILES string of the molecule is Cc1cc(S(=O)(=O)NCC(C)c2nccs2)ccc1N. The van der Waals surface area contributed by atoms with Crippen LogP contribution in [0.5, 0.6) is 0 Å². The summed E-state index contributed by atoms with van der Waals surface area (Å²) in [4.78, 5) is 4.41. The molecule has 2 aromatic rings. The van der Waals surface area contributed by atoms with E-state index in [1.807, 2.05) is 12.3 Å². The maximum atomic E-state index is 12.2. The summed E-state index contributed by atoms with van der Waals surface area (Å²) in [5.41, 5.74) is 7.03. The average molecular weight is 311 g/mol. The molecule has 0 amide bonds. The lowest BCUT2D eigenvalue weighted by Crippen LogP contribution is -2.27. The van der Waals surface area contributed by atoms with E-state index < -0.39 is 10.0 Å². The van der Waals surface area contributed by atoms with Crippen molar-refractivity contribution in [3.63, 3.8) is 0 Å². The average Bonchev–Trinajstić information content (AvgIpc) is 2.93. The number of hydrogen-bond acceptors (Lipinski definition) is 5. The molecule has 0 radical (unpaired) electrons. The van der Waals surface area contributed by atoms with Gasteiger partial charge in [-0.25, -0.2) is 18.1 Å². The quantitative estimate of drug-likeness (QED) is 0.828. The van der Waals surface area contributed by atoms with Crippen LogP contribution in [0, 0.1) is 6.92 Å². The van der Waals surface area contributed by atoms with Gasteiger partial charge in [0.05, 0.1) is 9.90 Å². The van der Waals surface area contributed by atoms with Crippen LogP contribution in [-0.2, 0) is 10.0 Å². The van der Waals surface area contributed by atoms with Crippen molar-refractivity contribution in [2.24, 2.45) is 0 Å². The van der Waals surface area contributed by atoms with Crippen molar-refractivity contribution in [3.8, 4) is 0 Å². The Labute approximate surface area is 122 Å². The first kappa shape index (κ1) is 15.0. The molecular formula is C13H17N3O2S2. The summed E-state index contributed by atoms with van der Waals surface area (Å²) in [7, 11) is -3.51. The molecule has 0 aliphatic rings. The molecule has 1 heterocycles. The van der Waals surface area contributed by atoms with Crippen LogP contribution in [0.15, 0.2) is 34.7 Å². The van der Waals surface area contributed by atoms with Gasteiger partial charge in [-0.1, -0.05) is 6.92 Å². The largest absolute Gasteiger partial charge is 0.399 e. The van der Waals surface area contributed by atoms with Crippen molar-refractivity contribution in [3.05, 3.63) is 40.3 Å². The molecule has 0 aliphatic heterocycles. The Bertz CT molecular complexity index is 682. The third-order valence-corrected chi connectivity index (χ3v) is 5.43. The lowest BCUT2D eigenvalue weighted by atomic mass is 10.2. The molecule has 108 valence electrons. The molecule has 5 nitrogen and oxygen atoms in total. The second-order valence-electron chi connectivity index (χ2n) is 4.64. The molecular weight excluding hydrogens is 294 g/mol. The summed E-state index contributed by atoms with van der Waals surface area (Å²) in [6, 6.07) is 4.69. The predicted molar refractivity (Wildman–Crippen MR) is 81.3 cm³/mol. The van der Waals surface area contributed by atoms with E-state index in [4.69, 9.17) is 5.73 Å². The maximum absolute atomic E-state index is 12.2. The fraction of sp³-hybridized carbons (Fsp3) is 0.308. The Balaban J connectivity index is 2.09. The van der Waals surface area contributed by atoms with Crippen molar-refractivity contribution in [2.75, 3.05) is 12.3 Å². The number of aryl methyl sites for hydroxylation is 1. The molecule has 1 aromatic heterocycles. The maximum Gasteiger partial charge on any atom is 0.240 e. The van der Waals surface area contributed by atoms with Gasteiger partial charge in [0.1, 0.15) is 0 Å². The number of sulfonamides is 1. The minimum Gasteiger partial charge on any atom is -0.399 e. The highest BCUT2D eigenvalue weighted by molar-refractivity contribution is 7.89. The van der Waals surface area contributed by atoms with Crippen LogP contribution in [0.1, 0.15) is 23.4 Å². The standard InChI is InChI=1S/C13H17N3O2S2/c1-9-7-11(3-4-12(9)14)20(17,18)16-8-10(2)13-15-5-6-19-13/h3-7,10,16H,8,14H2,1-2H3. The van der Waals surface area contributed by atoms with Gasteiger partial charge in [0.2, 0.25) is 10.0 Å². The number of anilines is 1. The van der Waals surface area contributed by atoms with Crippen molar-refractivity contribution in [1.82, 2.24) is 9.71 Å². The Morgan fingerprint density at radius 2 is 2.20 bits per heavy atom. The minimum absolute atomic E-state index is 0.0413. The fourth-order valence-corrected chi connectivity index (χ4v) is 3.61. The van der Waals surface area contributed by atoms with E-state index in [0.717, 1.165) is 10.6 Å². The van der Waals surface area contributed by atoms with Gasteiger partial charge >= 0.3 is 0 Å². The van der Waals surface area contributed by atoms with Crippen molar-refractivity contribution < 1.29 is 8.42 Å². The van der Waals surface area contributed by atoms with Crippen LogP contribution in [0.4, 0.5) is 5.69 Å². The normalized spacial score (nSPS) is 13.3. The molecule has 0 saturated heterocycles. The monoisotopic (exact) mass is 311 g/mol. The molecule has 0 saturated carbocycles. The highest BCUT2D eigenvalue weighted by Crippen LogP contribution is 2.19. The number of rotatable bonds is 5. The number of thiazole rings is 1. The van der Waals surface area contributed by atoms with Crippen molar-refractivity contribution in [2.45, 2.75) is 24.7 Å². The highest BCUT2D eigenvalue weighted by Gasteiger charge is 2.17. The zero-order valence-electron chi connectivity index (χ0n) is 11.3. The lowest BCUT2D eigenvalue weighted by Gasteiger charge is -2.11. The first-order chi connectivity index (χ1) is 9.40. The van der Waals surface area contributed by atoms with Gasteiger partial charge in [-0.3, -0.25) is 0 Å². The number of benzene rings is 1. The van der Waals surface area contributed by atoms with Crippen molar-refractivity contribution in [1.29, 1.82) is 0 Å². The number of hydrogen-bond donors (Lipinski definition) is 2. The molecule has 0 spiro atoms. The molecule has 1 aromatic carbocycles. The number of nitrogens with two attached hydrogens (primary N) is 1. The smallest absolute Gasteiger partial charge is 0.240 e. The number of nitrogens with zero attached hydrogens (tertiary/aromatic N) is 1. The summed E-state index contributed by atoms with van der Waals surface area (Å²) in [5.74, 6) is 0.0413. The molecule has 7 heteroatoms. The summed E-state index contributed by atoms with van der Waals surface area (Å²) in [6.07, 6.45) is 1.72.